The van der Waals surface area contributed by atoms with Crippen molar-refractivity contribution in [3.8, 4) is 0 Å². The molecule has 0 amide bonds. The predicted octanol–water partition coefficient (Wildman–Crippen LogP) is -0.317. The van der Waals surface area contributed by atoms with Crippen LogP contribution in [0, 0.1) is 0 Å². The molecule has 0 aliphatic heterocycles. The molecular formula is C5H10N4OS. The zero-order valence-electron chi connectivity index (χ0n) is 6.43. The SMILES string of the molecule is C[C@H](O)CSc1nnnn1C. The maximum absolute atomic E-state index is 8.94. The van der Waals surface area contributed by atoms with E-state index in [0.717, 1.165) is 5.16 Å². The first-order valence-corrected chi connectivity index (χ1v) is 4.22. The van der Waals surface area contributed by atoms with E-state index < -0.39 is 0 Å². The minimum Gasteiger partial charge on any atom is -0.393 e. The van der Waals surface area contributed by atoms with Crippen LogP contribution in [0.3, 0.4) is 0 Å². The van der Waals surface area contributed by atoms with Crippen LogP contribution in [0.5, 0.6) is 0 Å². The van der Waals surface area contributed by atoms with Crippen LogP contribution >= 0.6 is 11.8 Å². The second-order valence-corrected chi connectivity index (χ2v) is 3.23. The third kappa shape index (κ3) is 2.47. The molecule has 0 saturated heterocycles. The van der Waals surface area contributed by atoms with Crippen molar-refractivity contribution in [2.45, 2.75) is 18.2 Å². The maximum Gasteiger partial charge on any atom is 0.209 e. The molecule has 1 heterocycles. The van der Waals surface area contributed by atoms with E-state index in [1.165, 1.54) is 11.8 Å². The first-order chi connectivity index (χ1) is 5.20. The Labute approximate surface area is 68.8 Å². The van der Waals surface area contributed by atoms with Crippen molar-refractivity contribution >= 4 is 11.8 Å². The molecule has 0 aliphatic carbocycles. The Kier molecular flexibility index (Phi) is 2.84. The zero-order chi connectivity index (χ0) is 8.27. The lowest BCUT2D eigenvalue weighted by molar-refractivity contribution is 0.220. The number of tetrazole rings is 1. The van der Waals surface area contributed by atoms with Crippen LogP contribution in [-0.2, 0) is 7.05 Å². The summed E-state index contributed by atoms with van der Waals surface area (Å²) >= 11 is 1.44. The molecule has 11 heavy (non-hydrogen) atoms. The molecule has 1 aromatic heterocycles. The smallest absolute Gasteiger partial charge is 0.209 e. The van der Waals surface area contributed by atoms with Gasteiger partial charge < -0.3 is 5.11 Å². The minimum absolute atomic E-state index is 0.323. The minimum atomic E-state index is -0.323. The molecule has 0 bridgehead atoms. The highest BCUT2D eigenvalue weighted by molar-refractivity contribution is 7.99. The first-order valence-electron chi connectivity index (χ1n) is 3.23. The molecule has 0 saturated carbocycles. The Bertz CT molecular complexity index is 224. The highest BCUT2D eigenvalue weighted by Gasteiger charge is 2.03. The summed E-state index contributed by atoms with van der Waals surface area (Å²) in [6.07, 6.45) is -0.323. The molecule has 1 rings (SSSR count). The summed E-state index contributed by atoms with van der Waals surface area (Å²) in [6, 6.07) is 0. The van der Waals surface area contributed by atoms with Gasteiger partial charge in [-0.25, -0.2) is 4.68 Å². The summed E-state index contributed by atoms with van der Waals surface area (Å²) in [6.45, 7) is 1.73. The number of rotatable bonds is 3. The van der Waals surface area contributed by atoms with Gasteiger partial charge in [-0.05, 0) is 17.4 Å². The summed E-state index contributed by atoms with van der Waals surface area (Å²) in [5.74, 6) is 0.619. The molecule has 1 aromatic rings. The van der Waals surface area contributed by atoms with Crippen molar-refractivity contribution < 1.29 is 5.11 Å². The highest BCUT2D eigenvalue weighted by Crippen LogP contribution is 2.12. The summed E-state index contributed by atoms with van der Waals surface area (Å²) in [7, 11) is 1.77. The van der Waals surface area contributed by atoms with Crippen molar-refractivity contribution in [3.05, 3.63) is 0 Å². The Balaban J connectivity index is 2.44. The van der Waals surface area contributed by atoms with Gasteiger partial charge in [-0.15, -0.1) is 5.10 Å². The number of aliphatic hydroxyl groups is 1. The summed E-state index contributed by atoms with van der Waals surface area (Å²) in [4.78, 5) is 0. The van der Waals surface area contributed by atoms with Gasteiger partial charge in [0.25, 0.3) is 0 Å². The molecule has 1 atom stereocenters. The van der Waals surface area contributed by atoms with Gasteiger partial charge in [0, 0.05) is 12.8 Å². The van der Waals surface area contributed by atoms with Gasteiger partial charge in [0.15, 0.2) is 0 Å². The van der Waals surface area contributed by atoms with E-state index in [-0.39, 0.29) is 6.10 Å². The van der Waals surface area contributed by atoms with E-state index >= 15 is 0 Å². The molecule has 1 N–H and O–H groups in total. The van der Waals surface area contributed by atoms with Crippen LogP contribution < -0.4 is 0 Å². The zero-order valence-corrected chi connectivity index (χ0v) is 7.25. The molecule has 0 spiro atoms. The van der Waals surface area contributed by atoms with Gasteiger partial charge in [-0.3, -0.25) is 0 Å². The van der Waals surface area contributed by atoms with Gasteiger partial charge in [0.1, 0.15) is 0 Å². The lowest BCUT2D eigenvalue weighted by Gasteiger charge is -2.00. The van der Waals surface area contributed by atoms with Crippen LogP contribution in [0.1, 0.15) is 6.92 Å². The molecule has 6 heteroatoms. The highest BCUT2D eigenvalue weighted by atomic mass is 32.2. The van der Waals surface area contributed by atoms with E-state index in [1.54, 1.807) is 18.7 Å². The summed E-state index contributed by atoms with van der Waals surface area (Å²) in [5, 5.41) is 20.5. The monoisotopic (exact) mass is 174 g/mol. The van der Waals surface area contributed by atoms with Crippen LogP contribution in [0.25, 0.3) is 0 Å². The number of aliphatic hydroxyl groups excluding tert-OH is 1. The molecule has 0 aliphatic rings. The fourth-order valence-corrected chi connectivity index (χ4v) is 1.25. The molecule has 0 fully saturated rings. The van der Waals surface area contributed by atoms with E-state index in [1.807, 2.05) is 0 Å². The van der Waals surface area contributed by atoms with E-state index in [2.05, 4.69) is 15.5 Å². The molecule has 62 valence electrons. The number of hydrogen-bond acceptors (Lipinski definition) is 5. The number of thioether (sulfide) groups is 1. The second-order valence-electron chi connectivity index (χ2n) is 2.25. The average Bonchev–Trinajstić information content (AvgIpc) is 2.31. The third-order valence-corrected chi connectivity index (χ3v) is 2.29. The largest absolute Gasteiger partial charge is 0.393 e. The van der Waals surface area contributed by atoms with E-state index in [4.69, 9.17) is 5.11 Å². The van der Waals surface area contributed by atoms with E-state index in [0.29, 0.717) is 5.75 Å². The standard InChI is InChI=1S/C5H10N4OS/c1-4(10)3-11-5-6-7-8-9(5)2/h4,10H,3H2,1-2H3/t4-/m0/s1. The van der Waals surface area contributed by atoms with Crippen molar-refractivity contribution in [1.29, 1.82) is 0 Å². The third-order valence-electron chi connectivity index (χ3n) is 1.03. The van der Waals surface area contributed by atoms with Gasteiger partial charge in [0.05, 0.1) is 6.10 Å². The molecule has 0 aromatic carbocycles. The van der Waals surface area contributed by atoms with Crippen molar-refractivity contribution in [2.24, 2.45) is 7.05 Å². The Hall–Kier alpha value is -0.620. The molecule has 0 unspecified atom stereocenters. The Morgan fingerprint density at radius 1 is 1.73 bits per heavy atom. The normalized spacial score (nSPS) is 13.4. The van der Waals surface area contributed by atoms with Crippen LogP contribution in [0.15, 0.2) is 5.16 Å². The second kappa shape index (κ2) is 3.68. The Morgan fingerprint density at radius 3 is 2.91 bits per heavy atom. The Morgan fingerprint density at radius 2 is 2.45 bits per heavy atom. The van der Waals surface area contributed by atoms with Crippen LogP contribution in [-0.4, -0.2) is 37.2 Å². The molecular weight excluding hydrogens is 164 g/mol. The van der Waals surface area contributed by atoms with Crippen molar-refractivity contribution in [1.82, 2.24) is 20.2 Å². The number of hydrogen-bond donors (Lipinski definition) is 1. The first kappa shape index (κ1) is 8.48. The number of aryl methyl sites for hydroxylation is 1. The predicted molar refractivity (Wildman–Crippen MR) is 41.2 cm³/mol. The van der Waals surface area contributed by atoms with Crippen molar-refractivity contribution in [3.63, 3.8) is 0 Å². The van der Waals surface area contributed by atoms with Gasteiger partial charge in [-0.2, -0.15) is 0 Å². The van der Waals surface area contributed by atoms with Gasteiger partial charge in [0.2, 0.25) is 5.16 Å². The van der Waals surface area contributed by atoms with Crippen molar-refractivity contribution in [2.75, 3.05) is 5.75 Å². The van der Waals surface area contributed by atoms with Crippen LogP contribution in [0.4, 0.5) is 0 Å². The quantitative estimate of drug-likeness (QED) is 0.636. The molecule has 0 radical (unpaired) electrons. The fraction of sp³-hybridized carbons (Fsp3) is 0.800. The van der Waals surface area contributed by atoms with Gasteiger partial charge in [-0.1, -0.05) is 11.8 Å². The lowest BCUT2D eigenvalue weighted by atomic mass is 10.5. The van der Waals surface area contributed by atoms with Crippen LogP contribution in [0.2, 0.25) is 0 Å². The average molecular weight is 174 g/mol. The summed E-state index contributed by atoms with van der Waals surface area (Å²) in [5.41, 5.74) is 0. The maximum atomic E-state index is 8.94. The number of nitrogens with zero attached hydrogens (tertiary/aromatic N) is 4. The fourth-order valence-electron chi connectivity index (χ4n) is 0.539. The van der Waals surface area contributed by atoms with E-state index in [9.17, 15) is 0 Å². The summed E-state index contributed by atoms with van der Waals surface area (Å²) < 4.78 is 1.58. The molecule has 5 nitrogen and oxygen atoms in total. The topological polar surface area (TPSA) is 63.8 Å². The lowest BCUT2D eigenvalue weighted by Crippen LogP contribution is -2.04. The van der Waals surface area contributed by atoms with Gasteiger partial charge >= 0.3 is 0 Å². The number of aromatic nitrogens is 4.